The summed E-state index contributed by atoms with van der Waals surface area (Å²) in [5.41, 5.74) is -0.503. The van der Waals surface area contributed by atoms with Gasteiger partial charge in [0, 0.05) is 30.1 Å². The van der Waals surface area contributed by atoms with E-state index in [0.29, 0.717) is 18.6 Å². The highest BCUT2D eigenvalue weighted by atomic mass is 127. The van der Waals surface area contributed by atoms with Gasteiger partial charge in [0.2, 0.25) is 5.91 Å². The molecule has 0 radical (unpaired) electrons. The topological polar surface area (TPSA) is 99.1 Å². The predicted octanol–water partition coefficient (Wildman–Crippen LogP) is 4.31. The third-order valence-electron chi connectivity index (χ3n) is 7.08. The lowest BCUT2D eigenvalue weighted by Gasteiger charge is -2.43. The number of halogens is 4. The van der Waals surface area contributed by atoms with Crippen LogP contribution in [0.2, 0.25) is 0 Å². The van der Waals surface area contributed by atoms with E-state index in [1.807, 2.05) is 12.1 Å². The largest absolute Gasteiger partial charge is 0.482 e. The van der Waals surface area contributed by atoms with Gasteiger partial charge in [-0.25, -0.2) is 0 Å². The zero-order valence-corrected chi connectivity index (χ0v) is 23.2. The Kier molecular flexibility index (Phi) is 9.55. The maximum Gasteiger partial charge on any atom is 0.416 e. The van der Waals surface area contributed by atoms with Crippen LogP contribution in [0, 0.1) is 3.57 Å². The maximum absolute atomic E-state index is 13.8. The summed E-state index contributed by atoms with van der Waals surface area (Å²) >= 11 is 2.10. The Morgan fingerprint density at radius 3 is 2.36 bits per heavy atom. The molecule has 2 aromatic carbocycles. The highest BCUT2D eigenvalue weighted by Gasteiger charge is 2.44. The molecule has 3 atom stereocenters. The van der Waals surface area contributed by atoms with E-state index >= 15 is 0 Å². The fraction of sp³-hybridized carbons (Fsp3) is 0.429. The van der Waals surface area contributed by atoms with Gasteiger partial charge < -0.3 is 25.2 Å². The summed E-state index contributed by atoms with van der Waals surface area (Å²) in [6.07, 6.45) is -2.08. The molecule has 0 aromatic heterocycles. The molecule has 1 fully saturated rings. The number of amides is 2. The van der Waals surface area contributed by atoms with Crippen molar-refractivity contribution < 1.29 is 37.7 Å². The summed E-state index contributed by atoms with van der Waals surface area (Å²) in [7, 11) is 0. The van der Waals surface area contributed by atoms with Crippen LogP contribution in [0.15, 0.2) is 60.2 Å². The summed E-state index contributed by atoms with van der Waals surface area (Å²) < 4.78 is 46.3. The van der Waals surface area contributed by atoms with Crippen LogP contribution in [0.4, 0.5) is 13.2 Å². The molecular formula is C28H30F3IN2O5. The van der Waals surface area contributed by atoms with Gasteiger partial charge in [0.15, 0.2) is 0 Å². The molecule has 0 spiro atoms. The van der Waals surface area contributed by atoms with Gasteiger partial charge in [-0.15, -0.1) is 0 Å². The first-order valence-electron chi connectivity index (χ1n) is 12.8. The second kappa shape index (κ2) is 12.7. The highest BCUT2D eigenvalue weighted by molar-refractivity contribution is 14.1. The molecule has 1 saturated carbocycles. The lowest BCUT2D eigenvalue weighted by Crippen LogP contribution is -2.57. The molecule has 2 aliphatic rings. The Balaban J connectivity index is 1.70. The number of nitrogens with one attached hydrogen (secondary N) is 1. The minimum absolute atomic E-state index is 0.0209. The van der Waals surface area contributed by atoms with Crippen LogP contribution in [-0.4, -0.2) is 64.4 Å². The Hall–Kier alpha value is -2.64. The number of alkyl halides is 3. The first-order valence-corrected chi connectivity index (χ1v) is 13.9. The lowest BCUT2D eigenvalue weighted by molar-refractivity contribution is -0.137. The number of carbonyl (C=O) groups excluding carboxylic acids is 2. The van der Waals surface area contributed by atoms with Crippen molar-refractivity contribution in [3.63, 3.8) is 0 Å². The molecule has 0 aliphatic heterocycles. The van der Waals surface area contributed by atoms with E-state index in [2.05, 4.69) is 27.9 Å². The summed E-state index contributed by atoms with van der Waals surface area (Å²) in [6.45, 7) is -0.226. The third kappa shape index (κ3) is 6.93. The number of rotatable bonds is 8. The zero-order chi connectivity index (χ0) is 28.2. The van der Waals surface area contributed by atoms with Gasteiger partial charge in [0.05, 0.1) is 21.8 Å². The van der Waals surface area contributed by atoms with Crippen molar-refractivity contribution in [2.24, 2.45) is 0 Å². The Labute approximate surface area is 238 Å². The molecule has 7 nitrogen and oxygen atoms in total. The normalized spacial score (nSPS) is 21.8. The molecule has 2 aliphatic carbocycles. The van der Waals surface area contributed by atoms with Gasteiger partial charge in [0.25, 0.3) is 5.91 Å². The minimum Gasteiger partial charge on any atom is -0.482 e. The number of aliphatic hydroxyl groups excluding tert-OH is 2. The van der Waals surface area contributed by atoms with E-state index in [-0.39, 0.29) is 36.8 Å². The van der Waals surface area contributed by atoms with Crippen molar-refractivity contribution in [2.45, 2.75) is 62.6 Å². The van der Waals surface area contributed by atoms with E-state index < -0.39 is 41.8 Å². The fourth-order valence-electron chi connectivity index (χ4n) is 5.16. The molecule has 39 heavy (non-hydrogen) atoms. The molecular weight excluding hydrogens is 628 g/mol. The van der Waals surface area contributed by atoms with E-state index in [1.54, 1.807) is 17.0 Å². The summed E-state index contributed by atoms with van der Waals surface area (Å²) in [4.78, 5) is 28.3. The lowest BCUT2D eigenvalue weighted by atomic mass is 9.86. The van der Waals surface area contributed by atoms with Crippen molar-refractivity contribution in [3.05, 3.63) is 74.9 Å². The number of ether oxygens (including phenoxy) is 1. The van der Waals surface area contributed by atoms with E-state index in [1.165, 1.54) is 6.08 Å². The molecule has 0 heterocycles. The van der Waals surface area contributed by atoms with Crippen LogP contribution < -0.4 is 10.1 Å². The summed E-state index contributed by atoms with van der Waals surface area (Å²) in [5.74, 6) is -0.467. The van der Waals surface area contributed by atoms with Crippen molar-refractivity contribution in [3.8, 4) is 5.75 Å². The van der Waals surface area contributed by atoms with E-state index in [0.717, 1.165) is 40.7 Å². The van der Waals surface area contributed by atoms with Crippen LogP contribution in [-0.2, 0) is 11.0 Å². The molecule has 3 N–H and O–H groups in total. The molecule has 11 heteroatoms. The second-order valence-electron chi connectivity index (χ2n) is 9.67. The van der Waals surface area contributed by atoms with Gasteiger partial charge in [-0.3, -0.25) is 9.59 Å². The number of nitrogens with zero attached hydrogens (tertiary/aromatic N) is 1. The van der Waals surface area contributed by atoms with Gasteiger partial charge in [0.1, 0.15) is 18.0 Å². The van der Waals surface area contributed by atoms with Crippen LogP contribution in [0.5, 0.6) is 5.75 Å². The first kappa shape index (κ1) is 29.3. The van der Waals surface area contributed by atoms with Crippen molar-refractivity contribution in [1.29, 1.82) is 0 Å². The third-order valence-corrected chi connectivity index (χ3v) is 7.97. The van der Waals surface area contributed by atoms with Gasteiger partial charge >= 0.3 is 6.18 Å². The standard InChI is InChI=1S/C28H30F3IN2O5/c29-28(30,31)19-11-9-17(10-12-19)27(38)34(20-5-1-2-6-20)22-15-18(26(37)33-13-14-35)16-24(25(22)36)39-23-8-4-3-7-21(23)32/h3-4,7-12,16,20,22,24-25,35-36H,1-2,5-6,13-15H2,(H,33,37). The molecule has 0 bridgehead atoms. The number of hydrogen-bond acceptors (Lipinski definition) is 5. The monoisotopic (exact) mass is 658 g/mol. The first-order chi connectivity index (χ1) is 18.6. The van der Waals surface area contributed by atoms with Crippen LogP contribution in [0.25, 0.3) is 0 Å². The maximum atomic E-state index is 13.8. The van der Waals surface area contributed by atoms with E-state index in [9.17, 15) is 27.9 Å². The van der Waals surface area contributed by atoms with Crippen LogP contribution in [0.3, 0.4) is 0 Å². The quantitative estimate of drug-likeness (QED) is 0.368. The Morgan fingerprint density at radius 1 is 1.08 bits per heavy atom. The number of carbonyl (C=O) groups is 2. The Morgan fingerprint density at radius 2 is 1.74 bits per heavy atom. The van der Waals surface area contributed by atoms with Crippen molar-refractivity contribution >= 4 is 34.4 Å². The Bertz CT molecular complexity index is 1200. The average Bonchev–Trinajstić information content (AvgIpc) is 3.44. The number of hydrogen-bond donors (Lipinski definition) is 3. The zero-order valence-electron chi connectivity index (χ0n) is 21.0. The van der Waals surface area contributed by atoms with Gasteiger partial charge in [-0.1, -0.05) is 25.0 Å². The second-order valence-corrected chi connectivity index (χ2v) is 10.8. The van der Waals surface area contributed by atoms with Crippen molar-refractivity contribution in [2.75, 3.05) is 13.2 Å². The number of aliphatic hydroxyl groups is 2. The van der Waals surface area contributed by atoms with E-state index in [4.69, 9.17) is 9.84 Å². The van der Waals surface area contributed by atoms with Crippen LogP contribution in [0.1, 0.15) is 48.0 Å². The number of benzene rings is 2. The summed E-state index contributed by atoms with van der Waals surface area (Å²) in [5, 5.41) is 23.3. The van der Waals surface area contributed by atoms with Crippen molar-refractivity contribution in [1.82, 2.24) is 10.2 Å². The average molecular weight is 658 g/mol. The smallest absolute Gasteiger partial charge is 0.416 e. The predicted molar refractivity (Wildman–Crippen MR) is 146 cm³/mol. The van der Waals surface area contributed by atoms with Gasteiger partial charge in [-0.05, 0) is 77.9 Å². The molecule has 4 rings (SSSR count). The minimum atomic E-state index is -4.53. The SMILES string of the molecule is O=C(NCCO)C1=CC(Oc2ccccc2I)C(O)C(N(C(=O)c2ccc(C(F)(F)F)cc2)C2CCCC2)C1. The fourth-order valence-corrected chi connectivity index (χ4v) is 5.67. The molecule has 0 saturated heterocycles. The molecule has 210 valence electrons. The van der Waals surface area contributed by atoms with Gasteiger partial charge in [-0.2, -0.15) is 13.2 Å². The van der Waals surface area contributed by atoms with Crippen LogP contribution >= 0.6 is 22.6 Å². The molecule has 2 amide bonds. The molecule has 2 aromatic rings. The molecule has 3 unspecified atom stereocenters. The summed E-state index contributed by atoms with van der Waals surface area (Å²) in [6, 6.07) is 10.1. The number of para-hydroxylation sites is 1. The highest BCUT2D eigenvalue weighted by Crippen LogP contribution is 2.35.